The Kier molecular flexibility index (Phi) is 5.39. The van der Waals surface area contributed by atoms with E-state index < -0.39 is 42.0 Å². The topological polar surface area (TPSA) is 90.9 Å². The number of esters is 2. The van der Waals surface area contributed by atoms with Crippen LogP contribution in [0.1, 0.15) is 27.2 Å². The molecule has 0 unspecified atom stereocenters. The van der Waals surface area contributed by atoms with Gasteiger partial charge < -0.3 is 19.5 Å². The minimum Gasteiger partial charge on any atom is -0.454 e. The first-order chi connectivity index (χ1) is 9.88. The maximum Gasteiger partial charge on any atom is 0.516 e. The first kappa shape index (κ1) is 18.2. The summed E-state index contributed by atoms with van der Waals surface area (Å²) in [6.07, 6.45) is -7.68. The molecular formula is C12H16F3NO6. The second-order valence-corrected chi connectivity index (χ2v) is 5.61. The van der Waals surface area contributed by atoms with Crippen LogP contribution in [-0.2, 0) is 23.8 Å². The van der Waals surface area contributed by atoms with E-state index in [9.17, 15) is 27.6 Å². The van der Waals surface area contributed by atoms with Crippen molar-refractivity contribution in [1.29, 1.82) is 0 Å². The van der Waals surface area contributed by atoms with E-state index in [4.69, 9.17) is 4.74 Å². The third-order valence-electron chi connectivity index (χ3n) is 2.45. The van der Waals surface area contributed by atoms with E-state index >= 15 is 0 Å². The second kappa shape index (κ2) is 6.51. The van der Waals surface area contributed by atoms with E-state index in [0.717, 1.165) is 0 Å². The third kappa shape index (κ3) is 5.88. The van der Waals surface area contributed by atoms with Gasteiger partial charge in [0.25, 0.3) is 0 Å². The molecule has 1 aliphatic heterocycles. The molecule has 1 fully saturated rings. The van der Waals surface area contributed by atoms with Crippen molar-refractivity contribution in [1.82, 2.24) is 5.32 Å². The van der Waals surface area contributed by atoms with Gasteiger partial charge in [-0.25, -0.2) is 14.4 Å². The third-order valence-corrected chi connectivity index (χ3v) is 2.45. The fourth-order valence-corrected chi connectivity index (χ4v) is 1.61. The summed E-state index contributed by atoms with van der Waals surface area (Å²) in [5.74, 6) is -3.35. The Morgan fingerprint density at radius 1 is 1.14 bits per heavy atom. The lowest BCUT2D eigenvalue weighted by molar-refractivity contribution is -0.204. The quantitative estimate of drug-likeness (QED) is 0.604. The molecular weight excluding hydrogens is 311 g/mol. The predicted molar refractivity (Wildman–Crippen MR) is 64.7 cm³/mol. The lowest BCUT2D eigenvalue weighted by Gasteiger charge is -2.19. The van der Waals surface area contributed by atoms with Crippen molar-refractivity contribution >= 4 is 18.1 Å². The number of hydrogen-bond donors (Lipinski definition) is 1. The summed E-state index contributed by atoms with van der Waals surface area (Å²) in [4.78, 5) is 33.6. The molecule has 10 heteroatoms. The second-order valence-electron chi connectivity index (χ2n) is 5.61. The standard InChI is InChI=1S/C12H16F3NO6/c1-11(2,3)22-10(19)21-8(17)7-4-6(5-16-7)20-9(18)12(13,14)15/h6-7,16H,4-5H2,1-3H3/t6-,7-/m0/s1. The van der Waals surface area contributed by atoms with Crippen LogP contribution in [0, 0.1) is 0 Å². The average Bonchev–Trinajstić information content (AvgIpc) is 2.73. The number of carbonyl (C=O) groups excluding carboxylic acids is 3. The van der Waals surface area contributed by atoms with E-state index in [1.807, 2.05) is 0 Å². The molecule has 22 heavy (non-hydrogen) atoms. The summed E-state index contributed by atoms with van der Waals surface area (Å²) < 4.78 is 49.5. The van der Waals surface area contributed by atoms with E-state index in [1.54, 1.807) is 20.8 Å². The van der Waals surface area contributed by atoms with Crippen LogP contribution in [0.5, 0.6) is 0 Å². The van der Waals surface area contributed by atoms with Gasteiger partial charge in [0.1, 0.15) is 17.7 Å². The zero-order valence-electron chi connectivity index (χ0n) is 12.2. The Morgan fingerprint density at radius 3 is 2.23 bits per heavy atom. The lowest BCUT2D eigenvalue weighted by Crippen LogP contribution is -2.35. The maximum atomic E-state index is 12.0. The van der Waals surface area contributed by atoms with E-state index in [0.29, 0.717) is 0 Å². The van der Waals surface area contributed by atoms with Crippen molar-refractivity contribution in [2.75, 3.05) is 6.54 Å². The van der Waals surface area contributed by atoms with Crippen LogP contribution in [0.2, 0.25) is 0 Å². The Bertz CT molecular complexity index is 457. The highest BCUT2D eigenvalue weighted by molar-refractivity contribution is 5.86. The number of hydrogen-bond acceptors (Lipinski definition) is 7. The van der Waals surface area contributed by atoms with E-state index in [1.165, 1.54) is 0 Å². The summed E-state index contributed by atoms with van der Waals surface area (Å²) >= 11 is 0. The van der Waals surface area contributed by atoms with Crippen LogP contribution in [-0.4, -0.2) is 48.6 Å². The number of rotatable bonds is 2. The smallest absolute Gasteiger partial charge is 0.454 e. The van der Waals surface area contributed by atoms with Crippen molar-refractivity contribution in [2.45, 2.75) is 51.1 Å². The number of alkyl halides is 3. The van der Waals surface area contributed by atoms with Crippen LogP contribution < -0.4 is 5.32 Å². The number of ether oxygens (including phenoxy) is 3. The number of halogens is 3. The summed E-state index contributed by atoms with van der Waals surface area (Å²) in [6, 6.07) is -1.06. The predicted octanol–water partition coefficient (Wildman–Crippen LogP) is 1.30. The zero-order chi connectivity index (χ0) is 17.1. The highest BCUT2D eigenvalue weighted by atomic mass is 19.4. The average molecular weight is 327 g/mol. The van der Waals surface area contributed by atoms with Gasteiger partial charge in [0.05, 0.1) is 0 Å². The minimum atomic E-state index is -5.10. The van der Waals surface area contributed by atoms with Crippen LogP contribution >= 0.6 is 0 Å². The van der Waals surface area contributed by atoms with Gasteiger partial charge in [-0.2, -0.15) is 13.2 Å². The van der Waals surface area contributed by atoms with Gasteiger partial charge in [-0.3, -0.25) is 0 Å². The molecule has 1 saturated heterocycles. The number of nitrogens with one attached hydrogen (secondary N) is 1. The molecule has 0 radical (unpaired) electrons. The first-order valence-corrected chi connectivity index (χ1v) is 6.34. The molecule has 1 rings (SSSR count). The summed E-state index contributed by atoms with van der Waals surface area (Å²) in [6.45, 7) is 4.55. The maximum absolute atomic E-state index is 12.0. The first-order valence-electron chi connectivity index (χ1n) is 6.34. The monoisotopic (exact) mass is 327 g/mol. The highest BCUT2D eigenvalue weighted by Gasteiger charge is 2.44. The van der Waals surface area contributed by atoms with Crippen LogP contribution in [0.15, 0.2) is 0 Å². The molecule has 0 aromatic heterocycles. The van der Waals surface area contributed by atoms with E-state index in [-0.39, 0.29) is 13.0 Å². The fourth-order valence-electron chi connectivity index (χ4n) is 1.61. The lowest BCUT2D eigenvalue weighted by atomic mass is 10.2. The van der Waals surface area contributed by atoms with Gasteiger partial charge in [0.2, 0.25) is 0 Å². The Labute approximate surface area is 124 Å². The summed E-state index contributed by atoms with van der Waals surface area (Å²) in [7, 11) is 0. The molecule has 0 spiro atoms. The van der Waals surface area contributed by atoms with Gasteiger partial charge in [0, 0.05) is 13.0 Å². The fraction of sp³-hybridized carbons (Fsp3) is 0.750. The molecule has 1 N–H and O–H groups in total. The van der Waals surface area contributed by atoms with Gasteiger partial charge in [0.15, 0.2) is 0 Å². The molecule has 0 amide bonds. The van der Waals surface area contributed by atoms with Crippen molar-refractivity contribution in [2.24, 2.45) is 0 Å². The molecule has 0 saturated carbocycles. The molecule has 0 aromatic rings. The van der Waals surface area contributed by atoms with Gasteiger partial charge in [-0.15, -0.1) is 0 Å². The van der Waals surface area contributed by atoms with Crippen molar-refractivity contribution in [3.05, 3.63) is 0 Å². The summed E-state index contributed by atoms with van der Waals surface area (Å²) in [5, 5.41) is 2.50. The molecule has 0 aromatic carbocycles. The van der Waals surface area contributed by atoms with Gasteiger partial charge >= 0.3 is 24.3 Å². The van der Waals surface area contributed by atoms with Crippen molar-refractivity contribution < 1.29 is 41.8 Å². The molecule has 1 aliphatic rings. The SMILES string of the molecule is CC(C)(C)OC(=O)OC(=O)[C@@H]1C[C@H](OC(=O)C(F)(F)F)CN1. The summed E-state index contributed by atoms with van der Waals surface area (Å²) in [5.41, 5.74) is -0.856. The minimum absolute atomic E-state index is 0.157. The molecule has 2 atom stereocenters. The molecule has 126 valence electrons. The van der Waals surface area contributed by atoms with Gasteiger partial charge in [-0.05, 0) is 20.8 Å². The molecule has 1 heterocycles. The van der Waals surface area contributed by atoms with Crippen molar-refractivity contribution in [3.8, 4) is 0 Å². The Balaban J connectivity index is 2.44. The van der Waals surface area contributed by atoms with Crippen LogP contribution in [0.4, 0.5) is 18.0 Å². The molecule has 0 aliphatic carbocycles. The molecule has 7 nitrogen and oxygen atoms in total. The Hall–Kier alpha value is -1.84. The largest absolute Gasteiger partial charge is 0.516 e. The van der Waals surface area contributed by atoms with E-state index in [2.05, 4.69) is 14.8 Å². The molecule has 0 bridgehead atoms. The van der Waals surface area contributed by atoms with Crippen LogP contribution in [0.3, 0.4) is 0 Å². The highest BCUT2D eigenvalue weighted by Crippen LogP contribution is 2.20. The van der Waals surface area contributed by atoms with Crippen molar-refractivity contribution in [3.63, 3.8) is 0 Å². The zero-order valence-corrected chi connectivity index (χ0v) is 12.2. The normalized spacial score (nSPS) is 22.1. The van der Waals surface area contributed by atoms with Gasteiger partial charge in [-0.1, -0.05) is 0 Å². The van der Waals surface area contributed by atoms with Crippen LogP contribution in [0.25, 0.3) is 0 Å². The Morgan fingerprint density at radius 2 is 1.73 bits per heavy atom. The number of carbonyl (C=O) groups is 3.